The molecule has 2 heterocycles. The van der Waals surface area contributed by atoms with Crippen molar-refractivity contribution in [1.82, 2.24) is 4.98 Å². The normalized spacial score (nSPS) is 10.7. The second-order valence-electron chi connectivity index (χ2n) is 5.15. The van der Waals surface area contributed by atoms with Crippen LogP contribution < -0.4 is 10.1 Å². The third-order valence-electron chi connectivity index (χ3n) is 3.28. The number of ether oxygens (including phenoxy) is 1. The van der Waals surface area contributed by atoms with Crippen molar-refractivity contribution in [2.45, 2.75) is 6.92 Å². The number of pyridine rings is 1. The SMILES string of the molecule is Cc1cc(NC(=O)/C=C/c2ccsc2)ccc1Oc1cccnc1. The molecule has 0 unspecified atom stereocenters. The molecule has 24 heavy (non-hydrogen) atoms. The molecule has 0 bridgehead atoms. The van der Waals surface area contributed by atoms with E-state index in [1.54, 1.807) is 29.8 Å². The molecule has 0 saturated carbocycles. The van der Waals surface area contributed by atoms with Crippen LogP contribution in [0.15, 0.2) is 65.6 Å². The number of aromatic nitrogens is 1. The van der Waals surface area contributed by atoms with Crippen LogP contribution in [0.4, 0.5) is 5.69 Å². The molecule has 1 amide bonds. The van der Waals surface area contributed by atoms with Crippen molar-refractivity contribution in [3.8, 4) is 11.5 Å². The number of aryl methyl sites for hydroxylation is 1. The lowest BCUT2D eigenvalue weighted by Crippen LogP contribution is -2.07. The van der Waals surface area contributed by atoms with Gasteiger partial charge in [-0.2, -0.15) is 11.3 Å². The minimum atomic E-state index is -0.165. The van der Waals surface area contributed by atoms with E-state index < -0.39 is 0 Å². The lowest BCUT2D eigenvalue weighted by atomic mass is 10.2. The van der Waals surface area contributed by atoms with Gasteiger partial charge in [0, 0.05) is 18.0 Å². The number of carbonyl (C=O) groups excluding carboxylic acids is 1. The number of rotatable bonds is 5. The summed E-state index contributed by atoms with van der Waals surface area (Å²) in [5, 5.41) is 6.80. The van der Waals surface area contributed by atoms with Gasteiger partial charge in [0.1, 0.15) is 11.5 Å². The maximum atomic E-state index is 12.0. The number of benzene rings is 1. The summed E-state index contributed by atoms with van der Waals surface area (Å²) >= 11 is 1.60. The molecule has 0 aliphatic heterocycles. The molecule has 0 aliphatic rings. The second-order valence-corrected chi connectivity index (χ2v) is 5.93. The molecule has 0 spiro atoms. The highest BCUT2D eigenvalue weighted by molar-refractivity contribution is 7.08. The van der Waals surface area contributed by atoms with E-state index in [9.17, 15) is 4.79 Å². The number of nitrogens with one attached hydrogen (secondary N) is 1. The number of nitrogens with zero attached hydrogens (tertiary/aromatic N) is 1. The Labute approximate surface area is 144 Å². The smallest absolute Gasteiger partial charge is 0.248 e. The van der Waals surface area contributed by atoms with Gasteiger partial charge in [-0.25, -0.2) is 0 Å². The first kappa shape index (κ1) is 16.0. The summed E-state index contributed by atoms with van der Waals surface area (Å²) in [4.78, 5) is 16.0. The molecule has 4 nitrogen and oxygen atoms in total. The van der Waals surface area contributed by atoms with Gasteiger partial charge in [0.25, 0.3) is 0 Å². The number of amides is 1. The average molecular weight is 336 g/mol. The number of hydrogen-bond donors (Lipinski definition) is 1. The van der Waals surface area contributed by atoms with Crippen molar-refractivity contribution in [2.24, 2.45) is 0 Å². The molecular formula is C19H16N2O2S. The van der Waals surface area contributed by atoms with Gasteiger partial charge in [-0.3, -0.25) is 9.78 Å². The molecule has 0 aliphatic carbocycles. The minimum absolute atomic E-state index is 0.165. The van der Waals surface area contributed by atoms with Gasteiger partial charge < -0.3 is 10.1 Å². The highest BCUT2D eigenvalue weighted by Gasteiger charge is 2.04. The summed E-state index contributed by atoms with van der Waals surface area (Å²) in [6.07, 6.45) is 6.67. The van der Waals surface area contributed by atoms with Gasteiger partial charge in [0.15, 0.2) is 0 Å². The van der Waals surface area contributed by atoms with Gasteiger partial charge in [-0.05, 0) is 71.3 Å². The molecule has 0 radical (unpaired) electrons. The molecular weight excluding hydrogens is 320 g/mol. The first-order chi connectivity index (χ1) is 11.7. The summed E-state index contributed by atoms with van der Waals surface area (Å²) in [6, 6.07) is 11.2. The largest absolute Gasteiger partial charge is 0.455 e. The highest BCUT2D eigenvalue weighted by atomic mass is 32.1. The Morgan fingerprint density at radius 2 is 2.21 bits per heavy atom. The third-order valence-corrected chi connectivity index (χ3v) is 3.98. The monoisotopic (exact) mass is 336 g/mol. The summed E-state index contributed by atoms with van der Waals surface area (Å²) in [5.74, 6) is 1.24. The highest BCUT2D eigenvalue weighted by Crippen LogP contribution is 2.26. The van der Waals surface area contributed by atoms with E-state index in [1.807, 2.05) is 54.1 Å². The first-order valence-electron chi connectivity index (χ1n) is 7.40. The fraction of sp³-hybridized carbons (Fsp3) is 0.0526. The molecule has 120 valence electrons. The van der Waals surface area contributed by atoms with Crippen LogP contribution >= 0.6 is 11.3 Å². The lowest BCUT2D eigenvalue weighted by Gasteiger charge is -2.10. The van der Waals surface area contributed by atoms with Gasteiger partial charge in [-0.1, -0.05) is 0 Å². The first-order valence-corrected chi connectivity index (χ1v) is 8.35. The van der Waals surface area contributed by atoms with E-state index in [-0.39, 0.29) is 5.91 Å². The maximum absolute atomic E-state index is 12.0. The van der Waals surface area contributed by atoms with Gasteiger partial charge >= 0.3 is 0 Å². The average Bonchev–Trinajstić information content (AvgIpc) is 3.10. The Bertz CT molecular complexity index is 843. The van der Waals surface area contributed by atoms with E-state index in [2.05, 4.69) is 10.3 Å². The van der Waals surface area contributed by atoms with Crippen LogP contribution in [0.3, 0.4) is 0 Å². The fourth-order valence-electron chi connectivity index (χ4n) is 2.10. The third kappa shape index (κ3) is 4.30. The molecule has 1 N–H and O–H groups in total. The number of hydrogen-bond acceptors (Lipinski definition) is 4. The van der Waals surface area contributed by atoms with Gasteiger partial charge in [0.2, 0.25) is 5.91 Å². The van der Waals surface area contributed by atoms with E-state index in [0.29, 0.717) is 5.75 Å². The Balaban J connectivity index is 1.65. The molecule has 0 atom stereocenters. The zero-order valence-electron chi connectivity index (χ0n) is 13.1. The molecule has 2 aromatic heterocycles. The zero-order chi connectivity index (χ0) is 16.8. The maximum Gasteiger partial charge on any atom is 0.248 e. The van der Waals surface area contributed by atoms with Crippen LogP contribution in [0, 0.1) is 6.92 Å². The Hall–Kier alpha value is -2.92. The molecule has 0 fully saturated rings. The van der Waals surface area contributed by atoms with Crippen LogP contribution in [-0.4, -0.2) is 10.9 Å². The van der Waals surface area contributed by atoms with Crippen molar-refractivity contribution in [3.63, 3.8) is 0 Å². The van der Waals surface area contributed by atoms with Crippen molar-refractivity contribution in [2.75, 3.05) is 5.32 Å². The van der Waals surface area contributed by atoms with Crippen LogP contribution in [0.2, 0.25) is 0 Å². The number of carbonyl (C=O) groups is 1. The summed E-state index contributed by atoms with van der Waals surface area (Å²) in [5.41, 5.74) is 2.68. The van der Waals surface area contributed by atoms with Gasteiger partial charge in [-0.15, -0.1) is 0 Å². The summed E-state index contributed by atoms with van der Waals surface area (Å²) in [6.45, 7) is 1.93. The molecule has 3 aromatic rings. The summed E-state index contributed by atoms with van der Waals surface area (Å²) < 4.78 is 5.78. The molecule has 5 heteroatoms. The van der Waals surface area contributed by atoms with E-state index in [1.165, 1.54) is 6.08 Å². The topological polar surface area (TPSA) is 51.2 Å². The molecule has 3 rings (SSSR count). The number of thiophene rings is 1. The Morgan fingerprint density at radius 1 is 1.29 bits per heavy atom. The molecule has 0 saturated heterocycles. The predicted octanol–water partition coefficient (Wildman–Crippen LogP) is 4.90. The molecule has 1 aromatic carbocycles. The van der Waals surface area contributed by atoms with Crippen molar-refractivity contribution >= 4 is 29.0 Å². The Kier molecular flexibility index (Phi) is 5.03. The van der Waals surface area contributed by atoms with Crippen molar-refractivity contribution < 1.29 is 9.53 Å². The van der Waals surface area contributed by atoms with Crippen LogP contribution in [0.5, 0.6) is 11.5 Å². The van der Waals surface area contributed by atoms with Crippen LogP contribution in [0.1, 0.15) is 11.1 Å². The number of anilines is 1. The van der Waals surface area contributed by atoms with E-state index in [0.717, 1.165) is 22.6 Å². The predicted molar refractivity (Wildman–Crippen MR) is 97.5 cm³/mol. The quantitative estimate of drug-likeness (QED) is 0.675. The second kappa shape index (κ2) is 7.57. The van der Waals surface area contributed by atoms with Crippen LogP contribution in [-0.2, 0) is 4.79 Å². The Morgan fingerprint density at radius 3 is 2.92 bits per heavy atom. The minimum Gasteiger partial charge on any atom is -0.455 e. The fourth-order valence-corrected chi connectivity index (χ4v) is 2.73. The van der Waals surface area contributed by atoms with Crippen molar-refractivity contribution in [3.05, 3.63) is 76.8 Å². The van der Waals surface area contributed by atoms with E-state index >= 15 is 0 Å². The zero-order valence-corrected chi connectivity index (χ0v) is 13.9. The standard InChI is InChI=1S/C19H16N2O2S/c1-14-11-16(21-19(22)7-4-15-8-10-24-13-15)5-6-18(14)23-17-3-2-9-20-12-17/h2-13H,1H3,(H,21,22)/b7-4+. The van der Waals surface area contributed by atoms with Crippen LogP contribution in [0.25, 0.3) is 6.08 Å². The van der Waals surface area contributed by atoms with Crippen molar-refractivity contribution in [1.29, 1.82) is 0 Å². The lowest BCUT2D eigenvalue weighted by molar-refractivity contribution is -0.111. The van der Waals surface area contributed by atoms with Gasteiger partial charge in [0.05, 0.1) is 6.20 Å². The summed E-state index contributed by atoms with van der Waals surface area (Å²) in [7, 11) is 0. The van der Waals surface area contributed by atoms with E-state index in [4.69, 9.17) is 4.74 Å².